The van der Waals surface area contributed by atoms with Crippen molar-refractivity contribution in [3.05, 3.63) is 30.9 Å². The number of aromatic nitrogens is 1. The maximum absolute atomic E-state index is 12.8. The van der Waals surface area contributed by atoms with Crippen molar-refractivity contribution in [2.24, 2.45) is 0 Å². The zero-order chi connectivity index (χ0) is 9.26. The molecule has 1 aromatic carbocycles. The number of benzene rings is 1. The fourth-order valence-corrected chi connectivity index (χ4v) is 1.95. The Balaban J connectivity index is 2.49. The zero-order valence-corrected chi connectivity index (χ0v) is 7.70. The Hall–Kier alpha value is -1.16. The lowest BCUT2D eigenvalue weighted by atomic mass is 10.3. The zero-order valence-electron chi connectivity index (χ0n) is 6.88. The third kappa shape index (κ3) is 1.62. The Bertz CT molecular complexity index is 424. The molecule has 1 heterocycles. The van der Waals surface area contributed by atoms with Crippen LogP contribution in [0.5, 0.6) is 0 Å². The Labute approximate surface area is 79.4 Å². The Kier molecular flexibility index (Phi) is 2.14. The van der Waals surface area contributed by atoms with Crippen molar-refractivity contribution in [2.75, 3.05) is 11.9 Å². The highest BCUT2D eigenvalue weighted by atomic mass is 32.1. The molecule has 0 fully saturated rings. The van der Waals surface area contributed by atoms with Crippen molar-refractivity contribution < 1.29 is 4.39 Å². The monoisotopic (exact) mass is 195 g/mol. The number of hydrogen-bond donors (Lipinski definition) is 1. The highest BCUT2D eigenvalue weighted by Crippen LogP contribution is 2.25. The molecular weight excluding hydrogens is 187 g/mol. The second-order valence-corrected chi connectivity index (χ2v) is 3.59. The van der Waals surface area contributed by atoms with Crippen LogP contribution in [0.4, 0.5) is 9.52 Å². The molecule has 0 saturated carbocycles. The number of thiazole rings is 1. The van der Waals surface area contributed by atoms with Gasteiger partial charge in [-0.25, -0.2) is 9.37 Å². The lowest BCUT2D eigenvalue weighted by molar-refractivity contribution is 0.629. The third-order valence-corrected chi connectivity index (χ3v) is 2.62. The molecule has 1 aromatic heterocycles. The van der Waals surface area contributed by atoms with Crippen LogP contribution < -0.4 is 5.32 Å². The minimum atomic E-state index is -0.251. The topological polar surface area (TPSA) is 24.9 Å². The van der Waals surface area contributed by atoms with Crippen LogP contribution in [-0.4, -0.2) is 11.5 Å². The van der Waals surface area contributed by atoms with Crippen molar-refractivity contribution in [3.8, 4) is 0 Å². The average molecular weight is 195 g/mol. The van der Waals surface area contributed by atoms with E-state index in [1.807, 2.05) is 0 Å². The van der Waals surface area contributed by atoms with E-state index in [0.29, 0.717) is 12.1 Å². The summed E-state index contributed by atoms with van der Waals surface area (Å²) < 4.78 is 13.7. The quantitative estimate of drug-likeness (QED) is 0.796. The van der Waals surface area contributed by atoms with Gasteiger partial charge in [-0.1, -0.05) is 11.3 Å². The van der Waals surface area contributed by atoms with E-state index in [1.165, 1.54) is 23.5 Å². The molecule has 0 unspecified atom stereocenters. The summed E-state index contributed by atoms with van der Waals surface area (Å²) in [5.41, 5.74) is 0.695. The molecule has 1 radical (unpaired) electrons. The summed E-state index contributed by atoms with van der Waals surface area (Å²) in [4.78, 5) is 4.19. The molecule has 0 saturated heterocycles. The van der Waals surface area contributed by atoms with Gasteiger partial charge in [-0.05, 0) is 19.1 Å². The van der Waals surface area contributed by atoms with Crippen LogP contribution in [0, 0.1) is 12.7 Å². The van der Waals surface area contributed by atoms with E-state index in [4.69, 9.17) is 0 Å². The predicted molar refractivity (Wildman–Crippen MR) is 53.4 cm³/mol. The number of nitrogens with zero attached hydrogens (tertiary/aromatic N) is 1. The second kappa shape index (κ2) is 3.30. The van der Waals surface area contributed by atoms with Gasteiger partial charge in [-0.15, -0.1) is 0 Å². The molecule has 0 aliphatic rings. The molecule has 1 N–H and O–H groups in total. The summed E-state index contributed by atoms with van der Waals surface area (Å²) in [6, 6.07) is 4.60. The van der Waals surface area contributed by atoms with Crippen LogP contribution in [0.1, 0.15) is 0 Å². The number of hydrogen-bond acceptors (Lipinski definition) is 3. The molecule has 0 aliphatic carbocycles. The van der Waals surface area contributed by atoms with Crippen LogP contribution >= 0.6 is 11.3 Å². The molecule has 0 amide bonds. The summed E-state index contributed by atoms with van der Waals surface area (Å²) >= 11 is 1.50. The first-order valence-corrected chi connectivity index (χ1v) is 4.70. The number of anilines is 1. The van der Waals surface area contributed by atoms with Gasteiger partial charge < -0.3 is 5.32 Å². The first kappa shape index (κ1) is 8.44. The van der Waals surface area contributed by atoms with E-state index >= 15 is 0 Å². The van der Waals surface area contributed by atoms with Crippen molar-refractivity contribution >= 4 is 26.7 Å². The van der Waals surface area contributed by atoms with Crippen molar-refractivity contribution in [3.63, 3.8) is 0 Å². The predicted octanol–water partition coefficient (Wildman–Crippen LogP) is 2.68. The minimum Gasteiger partial charge on any atom is -0.361 e. The maximum atomic E-state index is 12.8. The summed E-state index contributed by atoms with van der Waals surface area (Å²) in [5.74, 6) is -0.251. The number of fused-ring (bicyclic) bond motifs is 1. The molecule has 0 atom stereocenters. The smallest absolute Gasteiger partial charge is 0.183 e. The molecular formula is C9H8FN2S. The van der Waals surface area contributed by atoms with E-state index in [2.05, 4.69) is 17.2 Å². The summed E-state index contributed by atoms with van der Waals surface area (Å²) in [5, 5.41) is 3.78. The van der Waals surface area contributed by atoms with Gasteiger partial charge in [0, 0.05) is 12.6 Å². The fraction of sp³-hybridized carbons (Fsp3) is 0.111. The maximum Gasteiger partial charge on any atom is 0.183 e. The minimum absolute atomic E-state index is 0.251. The molecule has 4 heteroatoms. The Morgan fingerprint density at radius 1 is 1.54 bits per heavy atom. The molecule has 2 nitrogen and oxygen atoms in total. The van der Waals surface area contributed by atoms with Gasteiger partial charge in [0.05, 0.1) is 10.2 Å². The van der Waals surface area contributed by atoms with Gasteiger partial charge in [0.25, 0.3) is 0 Å². The third-order valence-electron chi connectivity index (χ3n) is 1.63. The highest BCUT2D eigenvalue weighted by molar-refractivity contribution is 7.22. The van der Waals surface area contributed by atoms with Crippen LogP contribution in [0.25, 0.3) is 10.2 Å². The molecule has 0 bridgehead atoms. The molecule has 13 heavy (non-hydrogen) atoms. The van der Waals surface area contributed by atoms with Crippen LogP contribution in [0.2, 0.25) is 0 Å². The lowest BCUT2D eigenvalue weighted by Crippen LogP contribution is -1.94. The van der Waals surface area contributed by atoms with E-state index in [0.717, 1.165) is 9.83 Å². The molecule has 2 rings (SSSR count). The summed E-state index contributed by atoms with van der Waals surface area (Å²) in [6.45, 7) is 4.24. The number of halogens is 1. The van der Waals surface area contributed by atoms with Gasteiger partial charge >= 0.3 is 0 Å². The van der Waals surface area contributed by atoms with Crippen LogP contribution in [0.15, 0.2) is 18.2 Å². The highest BCUT2D eigenvalue weighted by Gasteiger charge is 2.02. The van der Waals surface area contributed by atoms with Gasteiger partial charge in [0.1, 0.15) is 5.82 Å². The van der Waals surface area contributed by atoms with Crippen LogP contribution in [0.3, 0.4) is 0 Å². The Morgan fingerprint density at radius 3 is 3.15 bits per heavy atom. The van der Waals surface area contributed by atoms with Gasteiger partial charge in [0.15, 0.2) is 5.13 Å². The van der Waals surface area contributed by atoms with Crippen molar-refractivity contribution in [2.45, 2.75) is 0 Å². The standard InChI is InChI=1S/C9H8FN2S/c1-2-11-9-12-7-5-6(10)3-4-8(7)13-9/h3-5H,1-2H2,(H,11,12). The molecule has 67 valence electrons. The average Bonchev–Trinajstić information content (AvgIpc) is 2.46. The lowest BCUT2D eigenvalue weighted by Gasteiger charge is -1.91. The van der Waals surface area contributed by atoms with E-state index in [1.54, 1.807) is 6.07 Å². The van der Waals surface area contributed by atoms with Crippen molar-refractivity contribution in [1.29, 1.82) is 0 Å². The largest absolute Gasteiger partial charge is 0.361 e. The van der Waals surface area contributed by atoms with Crippen LogP contribution in [-0.2, 0) is 0 Å². The molecule has 0 aliphatic heterocycles. The number of nitrogens with one attached hydrogen (secondary N) is 1. The van der Waals surface area contributed by atoms with E-state index in [9.17, 15) is 4.39 Å². The van der Waals surface area contributed by atoms with E-state index < -0.39 is 0 Å². The molecule has 0 spiro atoms. The van der Waals surface area contributed by atoms with Gasteiger partial charge in [-0.3, -0.25) is 0 Å². The first-order valence-electron chi connectivity index (χ1n) is 3.89. The van der Waals surface area contributed by atoms with Crippen molar-refractivity contribution in [1.82, 2.24) is 4.98 Å². The second-order valence-electron chi connectivity index (χ2n) is 2.56. The SMILES string of the molecule is [CH2]CNc1nc2cc(F)ccc2s1. The molecule has 2 aromatic rings. The summed E-state index contributed by atoms with van der Waals surface area (Å²) in [7, 11) is 0. The number of rotatable bonds is 2. The normalized spacial score (nSPS) is 10.6. The fourth-order valence-electron chi connectivity index (χ4n) is 1.08. The van der Waals surface area contributed by atoms with E-state index in [-0.39, 0.29) is 5.82 Å². The van der Waals surface area contributed by atoms with Gasteiger partial charge in [-0.2, -0.15) is 0 Å². The first-order chi connectivity index (χ1) is 6.29. The van der Waals surface area contributed by atoms with Gasteiger partial charge in [0.2, 0.25) is 0 Å². The summed E-state index contributed by atoms with van der Waals surface area (Å²) in [6.07, 6.45) is 0. The Morgan fingerprint density at radius 2 is 2.38 bits per heavy atom.